The van der Waals surface area contributed by atoms with Crippen LogP contribution in [0.5, 0.6) is 0 Å². The molecule has 0 aliphatic heterocycles. The lowest BCUT2D eigenvalue weighted by molar-refractivity contribution is -0.117. The monoisotopic (exact) mass is 397 g/mol. The lowest BCUT2D eigenvalue weighted by Gasteiger charge is -2.10. The summed E-state index contributed by atoms with van der Waals surface area (Å²) >= 11 is 1.21. The van der Waals surface area contributed by atoms with E-state index in [-0.39, 0.29) is 35.1 Å². The quantitative estimate of drug-likeness (QED) is 0.667. The summed E-state index contributed by atoms with van der Waals surface area (Å²) < 4.78 is 6.31. The van der Waals surface area contributed by atoms with Crippen molar-refractivity contribution in [2.24, 2.45) is 5.92 Å². The van der Waals surface area contributed by atoms with E-state index in [9.17, 15) is 14.4 Å². The Balaban J connectivity index is 1.91. The Morgan fingerprint density at radius 3 is 2.64 bits per heavy atom. The fourth-order valence-corrected chi connectivity index (χ4v) is 3.85. The molecular weight excluding hydrogens is 378 g/mol. The van der Waals surface area contributed by atoms with Crippen LogP contribution in [0.1, 0.15) is 35.8 Å². The molecule has 4 rings (SSSR count). The van der Waals surface area contributed by atoms with Gasteiger partial charge in [-0.15, -0.1) is 11.3 Å². The first-order valence-electron chi connectivity index (χ1n) is 9.09. The molecule has 144 valence electrons. The Bertz CT molecular complexity index is 1130. The van der Waals surface area contributed by atoms with Crippen LogP contribution in [0.15, 0.2) is 34.4 Å². The molecule has 1 aliphatic rings. The van der Waals surface area contributed by atoms with E-state index in [1.54, 1.807) is 24.4 Å². The second kappa shape index (κ2) is 7.20. The molecule has 2 heterocycles. The van der Waals surface area contributed by atoms with Gasteiger partial charge in [-0.25, -0.2) is 4.79 Å². The second-order valence-corrected chi connectivity index (χ2v) is 7.62. The van der Waals surface area contributed by atoms with Gasteiger partial charge in [0.15, 0.2) is 5.69 Å². The largest absolute Gasteiger partial charge is 0.461 e. The van der Waals surface area contributed by atoms with E-state index in [1.165, 1.54) is 16.0 Å². The first-order chi connectivity index (χ1) is 13.5. The molecule has 1 fully saturated rings. The third kappa shape index (κ3) is 3.31. The van der Waals surface area contributed by atoms with Crippen LogP contribution < -0.4 is 10.9 Å². The Labute approximate surface area is 164 Å². The van der Waals surface area contributed by atoms with Gasteiger partial charge in [-0.2, -0.15) is 9.78 Å². The summed E-state index contributed by atoms with van der Waals surface area (Å²) in [4.78, 5) is 37.9. The lowest BCUT2D eigenvalue weighted by atomic mass is 10.2. The number of carbonyl (C=O) groups excluding carboxylic acids is 2. The molecular formula is C20H19N3O4S. The number of fused-ring (bicyclic) bond motifs is 1. The molecule has 2 aromatic heterocycles. The van der Waals surface area contributed by atoms with Crippen molar-refractivity contribution in [1.82, 2.24) is 9.78 Å². The molecule has 0 unspecified atom stereocenters. The third-order valence-corrected chi connectivity index (χ3v) is 5.48. The molecule has 7 nitrogen and oxygen atoms in total. The highest BCUT2D eigenvalue weighted by atomic mass is 32.1. The highest BCUT2D eigenvalue weighted by Crippen LogP contribution is 2.34. The summed E-state index contributed by atoms with van der Waals surface area (Å²) in [6.07, 6.45) is 1.72. The van der Waals surface area contributed by atoms with E-state index in [1.807, 2.05) is 19.1 Å². The molecule has 0 atom stereocenters. The first-order valence-corrected chi connectivity index (χ1v) is 9.97. The van der Waals surface area contributed by atoms with E-state index >= 15 is 0 Å². The van der Waals surface area contributed by atoms with Crippen LogP contribution in [0.2, 0.25) is 0 Å². The second-order valence-electron chi connectivity index (χ2n) is 6.74. The van der Waals surface area contributed by atoms with Crippen molar-refractivity contribution in [1.29, 1.82) is 0 Å². The minimum absolute atomic E-state index is 0.00263. The minimum Gasteiger partial charge on any atom is -0.461 e. The zero-order valence-corrected chi connectivity index (χ0v) is 16.3. The average Bonchev–Trinajstić information content (AvgIpc) is 3.45. The van der Waals surface area contributed by atoms with Crippen LogP contribution in [0.3, 0.4) is 0 Å². The van der Waals surface area contributed by atoms with Crippen LogP contribution in [0.4, 0.5) is 5.00 Å². The standard InChI is InChI=1S/C20H19N3O4S/c1-3-27-20(26)16-14-10-28-18(21-17(24)12-6-7-12)15(14)19(25)23(22-16)13-8-4-11(2)5-9-13/h4-5,8-10,12H,3,6-7H2,1-2H3,(H,21,24). The summed E-state index contributed by atoms with van der Waals surface area (Å²) in [5.74, 6) is -0.700. The minimum atomic E-state index is -0.605. The summed E-state index contributed by atoms with van der Waals surface area (Å²) in [5, 5.41) is 9.89. The van der Waals surface area contributed by atoms with Crippen molar-refractivity contribution in [3.05, 3.63) is 51.3 Å². The highest BCUT2D eigenvalue weighted by Gasteiger charge is 2.31. The van der Waals surface area contributed by atoms with Crippen molar-refractivity contribution in [3.8, 4) is 5.69 Å². The van der Waals surface area contributed by atoms with Gasteiger partial charge in [-0.05, 0) is 38.8 Å². The topological polar surface area (TPSA) is 90.3 Å². The summed E-state index contributed by atoms with van der Waals surface area (Å²) in [6.45, 7) is 3.85. The number of hydrogen-bond acceptors (Lipinski definition) is 6. The molecule has 0 spiro atoms. The summed E-state index contributed by atoms with van der Waals surface area (Å²) in [6, 6.07) is 7.25. The number of rotatable bonds is 5. The lowest BCUT2D eigenvalue weighted by Crippen LogP contribution is -2.25. The summed E-state index contributed by atoms with van der Waals surface area (Å²) in [5.41, 5.74) is 1.24. The van der Waals surface area contributed by atoms with Gasteiger partial charge in [0.05, 0.1) is 17.7 Å². The van der Waals surface area contributed by atoms with Crippen molar-refractivity contribution < 1.29 is 14.3 Å². The van der Waals surface area contributed by atoms with Crippen molar-refractivity contribution in [2.75, 3.05) is 11.9 Å². The first kappa shape index (κ1) is 18.4. The Hall–Kier alpha value is -3.00. The van der Waals surface area contributed by atoms with Crippen molar-refractivity contribution >= 4 is 39.0 Å². The molecule has 0 saturated heterocycles. The SMILES string of the molecule is CCOC(=O)c1nn(-c2ccc(C)cc2)c(=O)c2c(NC(=O)C3CC3)scc12. The Morgan fingerprint density at radius 1 is 1.29 bits per heavy atom. The number of hydrogen-bond donors (Lipinski definition) is 1. The van der Waals surface area contributed by atoms with Crippen LogP contribution in [-0.2, 0) is 9.53 Å². The number of ether oxygens (including phenoxy) is 1. The molecule has 8 heteroatoms. The fraction of sp³-hybridized carbons (Fsp3) is 0.300. The molecule has 0 bridgehead atoms. The van der Waals surface area contributed by atoms with Gasteiger partial charge in [0.2, 0.25) is 5.91 Å². The molecule has 1 saturated carbocycles. The number of benzene rings is 1. The summed E-state index contributed by atoms with van der Waals surface area (Å²) in [7, 11) is 0. The number of amides is 1. The normalized spacial score (nSPS) is 13.5. The zero-order chi connectivity index (χ0) is 19.8. The number of aryl methyl sites for hydroxylation is 1. The molecule has 28 heavy (non-hydrogen) atoms. The Morgan fingerprint density at radius 2 is 2.00 bits per heavy atom. The fourth-order valence-electron chi connectivity index (χ4n) is 2.91. The van der Waals surface area contributed by atoms with Gasteiger partial charge >= 0.3 is 5.97 Å². The number of carbonyl (C=O) groups is 2. The number of aromatic nitrogens is 2. The molecule has 1 N–H and O–H groups in total. The molecule has 1 aromatic carbocycles. The van der Waals surface area contributed by atoms with Crippen LogP contribution in [0, 0.1) is 12.8 Å². The van der Waals surface area contributed by atoms with Gasteiger partial charge < -0.3 is 10.1 Å². The van der Waals surface area contributed by atoms with Gasteiger partial charge in [0, 0.05) is 16.7 Å². The molecule has 0 radical (unpaired) electrons. The van der Waals surface area contributed by atoms with Crippen LogP contribution in [0.25, 0.3) is 16.5 Å². The highest BCUT2D eigenvalue weighted by molar-refractivity contribution is 7.16. The number of nitrogens with one attached hydrogen (secondary N) is 1. The van der Waals surface area contributed by atoms with Gasteiger partial charge in [0.1, 0.15) is 5.00 Å². The molecule has 1 aliphatic carbocycles. The van der Waals surface area contributed by atoms with E-state index in [0.717, 1.165) is 18.4 Å². The van der Waals surface area contributed by atoms with E-state index in [2.05, 4.69) is 10.4 Å². The van der Waals surface area contributed by atoms with Crippen LogP contribution >= 0.6 is 11.3 Å². The maximum absolute atomic E-state index is 13.2. The van der Waals surface area contributed by atoms with E-state index in [4.69, 9.17) is 4.74 Å². The number of anilines is 1. The maximum atomic E-state index is 13.2. The van der Waals surface area contributed by atoms with E-state index < -0.39 is 5.97 Å². The number of thiophene rings is 1. The van der Waals surface area contributed by atoms with Gasteiger partial charge in [-0.3, -0.25) is 9.59 Å². The Kier molecular flexibility index (Phi) is 4.72. The zero-order valence-electron chi connectivity index (χ0n) is 15.5. The third-order valence-electron chi connectivity index (χ3n) is 4.58. The van der Waals surface area contributed by atoms with Gasteiger partial charge in [0.25, 0.3) is 5.56 Å². The van der Waals surface area contributed by atoms with Crippen molar-refractivity contribution in [3.63, 3.8) is 0 Å². The average molecular weight is 397 g/mol. The number of esters is 1. The predicted octanol–water partition coefficient (Wildman–Crippen LogP) is 3.28. The predicted molar refractivity (Wildman–Crippen MR) is 107 cm³/mol. The number of nitrogens with zero attached hydrogens (tertiary/aromatic N) is 2. The molecule has 1 amide bonds. The van der Waals surface area contributed by atoms with E-state index in [0.29, 0.717) is 16.1 Å². The van der Waals surface area contributed by atoms with Gasteiger partial charge in [-0.1, -0.05) is 17.7 Å². The molecule has 3 aromatic rings. The maximum Gasteiger partial charge on any atom is 0.359 e. The smallest absolute Gasteiger partial charge is 0.359 e. The van der Waals surface area contributed by atoms with Crippen molar-refractivity contribution in [2.45, 2.75) is 26.7 Å². The van der Waals surface area contributed by atoms with Crippen LogP contribution in [-0.4, -0.2) is 28.3 Å².